The van der Waals surface area contributed by atoms with E-state index in [1.807, 2.05) is 0 Å². The first-order valence-corrected chi connectivity index (χ1v) is 31.6. The predicted octanol–water partition coefficient (Wildman–Crippen LogP) is 21.7. The number of aryl methyl sites for hydroxylation is 1. The Balaban J connectivity index is 0.926. The molecule has 1 heteroatoms. The molecule has 0 radical (unpaired) electrons. The molecule has 1 unspecified atom stereocenters. The fraction of sp³-hybridized carbons (Fsp3) is 0.153. The average Bonchev–Trinajstić information content (AvgIpc) is 1.50. The fourth-order valence-electron chi connectivity index (χ4n) is 18.6. The number of hydrogen-bond acceptors (Lipinski definition) is 1. The molecular weight excluding hydrogens is 1030 g/mol. The second-order valence-corrected chi connectivity index (χ2v) is 25.7. The highest BCUT2D eigenvalue weighted by Crippen LogP contribution is 2.71. The lowest BCUT2D eigenvalue weighted by atomic mass is 9.43. The quantitative estimate of drug-likeness (QED) is 0.147. The number of para-hydroxylation sites is 1. The molecule has 4 saturated carbocycles. The smallest absolute Gasteiger partial charge is 0.0720 e. The van der Waals surface area contributed by atoms with E-state index in [1.165, 1.54) is 160 Å². The van der Waals surface area contributed by atoms with E-state index >= 15 is 0 Å². The summed E-state index contributed by atoms with van der Waals surface area (Å²) in [6, 6.07) is 109. The second kappa shape index (κ2) is 19.5. The molecule has 2 spiro atoms. The molecule has 7 aliphatic rings. The summed E-state index contributed by atoms with van der Waals surface area (Å²) in [6.45, 7) is 0. The van der Waals surface area contributed by atoms with Crippen molar-refractivity contribution in [2.45, 2.75) is 55.8 Å². The van der Waals surface area contributed by atoms with Crippen LogP contribution in [0.1, 0.15) is 76.6 Å². The van der Waals surface area contributed by atoms with Crippen LogP contribution in [-0.4, -0.2) is 0 Å². The Bertz CT molecular complexity index is 4630. The van der Waals surface area contributed by atoms with Gasteiger partial charge in [0.2, 0.25) is 0 Å². The Morgan fingerprint density at radius 3 is 1.38 bits per heavy atom. The third-order valence-corrected chi connectivity index (χ3v) is 21.6. The SMILES string of the molecule is c1ccc(-c2cccc(-c3ccc4c(c3)C3(c5ccccc5-c5c(N(c6ccccc6-c6ccccc6)c6cccc7c6-c6ccccc6C76C7CC8CC(C7)CC6C8)cccc53)c3cccc(-c5cccc(-c6ccccc6)c5)c3CC4)c2)cc1. The summed E-state index contributed by atoms with van der Waals surface area (Å²) in [7, 11) is 0. The minimum absolute atomic E-state index is 0.0136. The molecule has 86 heavy (non-hydrogen) atoms. The molecule has 0 amide bonds. The molecular formula is C85H65N. The number of rotatable bonds is 8. The first kappa shape index (κ1) is 49.8. The second-order valence-electron chi connectivity index (χ2n) is 25.7. The molecule has 0 aliphatic heterocycles. The molecule has 19 rings (SSSR count). The zero-order valence-electron chi connectivity index (χ0n) is 48.3. The van der Waals surface area contributed by atoms with Gasteiger partial charge in [0, 0.05) is 22.1 Å². The van der Waals surface area contributed by atoms with Gasteiger partial charge in [-0.2, -0.15) is 0 Å². The molecule has 4 fully saturated rings. The summed E-state index contributed by atoms with van der Waals surface area (Å²) in [5.41, 5.74) is 32.1. The first-order valence-electron chi connectivity index (χ1n) is 31.6. The Morgan fingerprint density at radius 1 is 0.267 bits per heavy atom. The number of nitrogens with zero attached hydrogens (tertiary/aromatic N) is 1. The summed E-state index contributed by atoms with van der Waals surface area (Å²) < 4.78 is 0. The topological polar surface area (TPSA) is 3.24 Å². The van der Waals surface area contributed by atoms with Gasteiger partial charge in [-0.05, 0) is 211 Å². The predicted molar refractivity (Wildman–Crippen MR) is 356 cm³/mol. The van der Waals surface area contributed by atoms with Gasteiger partial charge in [0.25, 0.3) is 0 Å². The van der Waals surface area contributed by atoms with Crippen molar-refractivity contribution >= 4 is 17.1 Å². The third-order valence-electron chi connectivity index (χ3n) is 21.6. The van der Waals surface area contributed by atoms with E-state index in [2.05, 4.69) is 290 Å². The lowest BCUT2D eigenvalue weighted by Crippen LogP contribution is -2.55. The normalized spacial score (nSPS) is 21.3. The Hall–Kier alpha value is -9.56. The summed E-state index contributed by atoms with van der Waals surface area (Å²) in [5, 5.41) is 0. The van der Waals surface area contributed by atoms with Crippen LogP contribution in [0.25, 0.3) is 77.9 Å². The van der Waals surface area contributed by atoms with Gasteiger partial charge in [0.1, 0.15) is 0 Å². The zero-order chi connectivity index (χ0) is 56.5. The molecule has 0 N–H and O–H groups in total. The van der Waals surface area contributed by atoms with Crippen LogP contribution in [0.2, 0.25) is 0 Å². The number of fused-ring (bicyclic) bond motifs is 12. The van der Waals surface area contributed by atoms with Crippen LogP contribution in [0.5, 0.6) is 0 Å². The van der Waals surface area contributed by atoms with E-state index in [-0.39, 0.29) is 5.41 Å². The standard InChI is InChI=1S/C85H65N/c1-4-21-57(22-5-1)61-27-16-29-63(52-61)64-44-43-60-45-46-70-68(65-30-17-28-62(53-65)58-23-6-2-7-24-58)34-18-37-73(70)85(78(60)54-64)75-36-14-11-33-72(75)83-77(85)39-20-42-81(83)86(79-40-15-12-31-69(79)59-25-8-3-9-26-59)80-41-19-38-76-82(80)71-32-10-13-35-74(71)84(76)66-48-55-47-56(50-66)51-67(84)49-55/h1-44,52-56,66-67H,45-51H2. The Morgan fingerprint density at radius 2 is 0.709 bits per heavy atom. The molecule has 12 aromatic rings. The van der Waals surface area contributed by atoms with Crippen molar-refractivity contribution in [2.75, 3.05) is 4.90 Å². The molecule has 0 heterocycles. The lowest BCUT2D eigenvalue weighted by molar-refractivity contribution is -0.0399. The van der Waals surface area contributed by atoms with Gasteiger partial charge in [-0.15, -0.1) is 0 Å². The van der Waals surface area contributed by atoms with Gasteiger partial charge in [-0.1, -0.05) is 249 Å². The third kappa shape index (κ3) is 7.24. The molecule has 0 aromatic heterocycles. The zero-order valence-corrected chi connectivity index (χ0v) is 48.3. The van der Waals surface area contributed by atoms with E-state index in [4.69, 9.17) is 0 Å². The summed E-state index contributed by atoms with van der Waals surface area (Å²) in [4.78, 5) is 2.73. The molecule has 4 bridgehead atoms. The molecule has 7 aliphatic carbocycles. The number of benzene rings is 12. The van der Waals surface area contributed by atoms with Crippen molar-refractivity contribution in [3.8, 4) is 77.9 Å². The highest BCUT2D eigenvalue weighted by Gasteiger charge is 2.62. The van der Waals surface area contributed by atoms with Crippen LogP contribution in [0.3, 0.4) is 0 Å². The van der Waals surface area contributed by atoms with Crippen molar-refractivity contribution in [2.24, 2.45) is 23.7 Å². The van der Waals surface area contributed by atoms with E-state index in [0.29, 0.717) is 11.8 Å². The van der Waals surface area contributed by atoms with Gasteiger partial charge in [-0.3, -0.25) is 0 Å². The molecule has 1 atom stereocenters. The molecule has 0 saturated heterocycles. The maximum atomic E-state index is 2.73. The maximum Gasteiger partial charge on any atom is 0.0720 e. The number of hydrogen-bond donors (Lipinski definition) is 0. The van der Waals surface area contributed by atoms with Gasteiger partial charge in [0.15, 0.2) is 0 Å². The lowest BCUT2D eigenvalue weighted by Gasteiger charge is -2.61. The Labute approximate surface area is 506 Å². The van der Waals surface area contributed by atoms with Gasteiger partial charge in [-0.25, -0.2) is 0 Å². The molecule has 12 aromatic carbocycles. The minimum atomic E-state index is -0.691. The van der Waals surface area contributed by atoms with Gasteiger partial charge in [0.05, 0.1) is 22.5 Å². The largest absolute Gasteiger partial charge is 0.309 e. The van der Waals surface area contributed by atoms with E-state index in [1.54, 1.807) is 11.1 Å². The van der Waals surface area contributed by atoms with E-state index in [0.717, 1.165) is 24.7 Å². The first-order chi connectivity index (χ1) is 42.6. The van der Waals surface area contributed by atoms with Crippen LogP contribution < -0.4 is 4.90 Å². The van der Waals surface area contributed by atoms with Crippen LogP contribution in [0, 0.1) is 23.7 Å². The fourth-order valence-corrected chi connectivity index (χ4v) is 18.6. The van der Waals surface area contributed by atoms with Crippen molar-refractivity contribution in [1.29, 1.82) is 0 Å². The summed E-state index contributed by atoms with van der Waals surface area (Å²) >= 11 is 0. The van der Waals surface area contributed by atoms with Crippen LogP contribution in [0.15, 0.2) is 285 Å². The molecule has 410 valence electrons. The van der Waals surface area contributed by atoms with Crippen molar-refractivity contribution < 1.29 is 0 Å². The summed E-state index contributed by atoms with van der Waals surface area (Å²) in [6.07, 6.45) is 8.65. The minimum Gasteiger partial charge on any atom is -0.309 e. The van der Waals surface area contributed by atoms with Crippen molar-refractivity contribution in [1.82, 2.24) is 0 Å². The number of anilines is 3. The summed E-state index contributed by atoms with van der Waals surface area (Å²) in [5.74, 6) is 3.03. The average molecular weight is 1100 g/mol. The van der Waals surface area contributed by atoms with E-state index < -0.39 is 5.41 Å². The van der Waals surface area contributed by atoms with Crippen molar-refractivity contribution in [3.05, 3.63) is 330 Å². The van der Waals surface area contributed by atoms with E-state index in [9.17, 15) is 0 Å². The maximum absolute atomic E-state index is 2.73. The van der Waals surface area contributed by atoms with Crippen LogP contribution in [-0.2, 0) is 23.7 Å². The van der Waals surface area contributed by atoms with Crippen LogP contribution in [0.4, 0.5) is 17.1 Å². The molecule has 1 nitrogen and oxygen atoms in total. The van der Waals surface area contributed by atoms with Gasteiger partial charge >= 0.3 is 0 Å². The van der Waals surface area contributed by atoms with Gasteiger partial charge < -0.3 is 4.90 Å². The van der Waals surface area contributed by atoms with Crippen molar-refractivity contribution in [3.63, 3.8) is 0 Å². The highest BCUT2D eigenvalue weighted by atomic mass is 15.2. The highest BCUT2D eigenvalue weighted by molar-refractivity contribution is 6.04. The monoisotopic (exact) mass is 1100 g/mol. The Kier molecular flexibility index (Phi) is 11.3. The van der Waals surface area contributed by atoms with Crippen LogP contribution >= 0.6 is 0 Å².